The van der Waals surface area contributed by atoms with Crippen molar-refractivity contribution in [2.24, 2.45) is 5.92 Å². The van der Waals surface area contributed by atoms with Crippen LogP contribution in [0.25, 0.3) is 0 Å². The van der Waals surface area contributed by atoms with E-state index in [1.165, 1.54) is 6.20 Å². The highest BCUT2D eigenvalue weighted by Gasteiger charge is 2.21. The van der Waals surface area contributed by atoms with E-state index in [9.17, 15) is 4.79 Å². The van der Waals surface area contributed by atoms with Crippen LogP contribution in [0.1, 0.15) is 36.2 Å². The summed E-state index contributed by atoms with van der Waals surface area (Å²) >= 11 is 6.13. The lowest BCUT2D eigenvalue weighted by atomic mass is 9.97. The molecule has 0 atom stereocenters. The molecule has 0 aromatic carbocycles. The minimum absolute atomic E-state index is 0.197. The zero-order valence-electron chi connectivity index (χ0n) is 13.6. The van der Waals surface area contributed by atoms with Crippen LogP contribution in [0.3, 0.4) is 0 Å². The molecule has 1 aromatic heterocycles. The highest BCUT2D eigenvalue weighted by Crippen LogP contribution is 2.20. The average Bonchev–Trinajstić information content (AvgIpc) is 3.09. The Hall–Kier alpha value is -1.40. The SMILES string of the molecule is CN1CCC(CNC(=O)c2nc(N3CCCC3)ncc2Cl)CC1. The van der Waals surface area contributed by atoms with E-state index in [4.69, 9.17) is 11.6 Å². The van der Waals surface area contributed by atoms with E-state index in [0.717, 1.165) is 51.9 Å². The van der Waals surface area contributed by atoms with Gasteiger partial charge in [-0.15, -0.1) is 0 Å². The third-order valence-electron chi connectivity index (χ3n) is 4.72. The van der Waals surface area contributed by atoms with Crippen molar-refractivity contribution in [2.75, 3.05) is 44.7 Å². The second-order valence-electron chi connectivity index (χ2n) is 6.52. The topological polar surface area (TPSA) is 61.4 Å². The minimum Gasteiger partial charge on any atom is -0.350 e. The maximum atomic E-state index is 12.4. The predicted molar refractivity (Wildman–Crippen MR) is 91.0 cm³/mol. The molecule has 1 aromatic rings. The van der Waals surface area contributed by atoms with E-state index < -0.39 is 0 Å². The van der Waals surface area contributed by atoms with E-state index in [2.05, 4.69) is 32.1 Å². The third kappa shape index (κ3) is 4.12. The van der Waals surface area contributed by atoms with Gasteiger partial charge in [0.15, 0.2) is 5.69 Å². The first kappa shape index (κ1) is 16.5. The second kappa shape index (κ2) is 7.45. The van der Waals surface area contributed by atoms with Crippen molar-refractivity contribution in [3.63, 3.8) is 0 Å². The Balaban J connectivity index is 1.61. The number of nitrogens with one attached hydrogen (secondary N) is 1. The number of anilines is 1. The molecule has 3 heterocycles. The van der Waals surface area contributed by atoms with Crippen LogP contribution in [0.2, 0.25) is 5.02 Å². The summed E-state index contributed by atoms with van der Waals surface area (Å²) in [6.45, 7) is 4.75. The van der Waals surface area contributed by atoms with Crippen LogP contribution in [-0.2, 0) is 0 Å². The molecular weight excluding hydrogens is 314 g/mol. The zero-order chi connectivity index (χ0) is 16.2. The maximum Gasteiger partial charge on any atom is 0.271 e. The second-order valence-corrected chi connectivity index (χ2v) is 6.92. The number of aromatic nitrogens is 2. The van der Waals surface area contributed by atoms with Crippen molar-refractivity contribution in [1.82, 2.24) is 20.2 Å². The molecule has 2 aliphatic rings. The molecule has 23 heavy (non-hydrogen) atoms. The lowest BCUT2D eigenvalue weighted by molar-refractivity contribution is 0.0934. The first-order valence-electron chi connectivity index (χ1n) is 8.37. The number of likely N-dealkylation sites (tertiary alicyclic amines) is 1. The first-order valence-corrected chi connectivity index (χ1v) is 8.75. The molecule has 0 spiro atoms. The summed E-state index contributed by atoms with van der Waals surface area (Å²) in [7, 11) is 2.13. The maximum absolute atomic E-state index is 12.4. The third-order valence-corrected chi connectivity index (χ3v) is 5.00. The highest BCUT2D eigenvalue weighted by molar-refractivity contribution is 6.33. The quantitative estimate of drug-likeness (QED) is 0.907. The van der Waals surface area contributed by atoms with Crippen molar-refractivity contribution in [3.05, 3.63) is 16.9 Å². The predicted octanol–water partition coefficient (Wildman–Crippen LogP) is 1.80. The van der Waals surface area contributed by atoms with Crippen molar-refractivity contribution in [3.8, 4) is 0 Å². The monoisotopic (exact) mass is 337 g/mol. The van der Waals surface area contributed by atoms with Gasteiger partial charge in [-0.25, -0.2) is 9.97 Å². The first-order chi connectivity index (χ1) is 11.1. The average molecular weight is 338 g/mol. The van der Waals surface area contributed by atoms with E-state index in [0.29, 0.717) is 23.4 Å². The molecule has 2 saturated heterocycles. The van der Waals surface area contributed by atoms with Crippen molar-refractivity contribution in [1.29, 1.82) is 0 Å². The largest absolute Gasteiger partial charge is 0.350 e. The van der Waals surface area contributed by atoms with E-state index in [1.807, 2.05) is 0 Å². The summed E-state index contributed by atoms with van der Waals surface area (Å²) in [5.74, 6) is 0.946. The van der Waals surface area contributed by atoms with Crippen LogP contribution in [0.15, 0.2) is 6.20 Å². The Kier molecular flexibility index (Phi) is 5.33. The molecule has 0 radical (unpaired) electrons. The van der Waals surface area contributed by atoms with Gasteiger partial charge in [0.2, 0.25) is 5.95 Å². The fourth-order valence-electron chi connectivity index (χ4n) is 3.17. The summed E-state index contributed by atoms with van der Waals surface area (Å²) in [6, 6.07) is 0. The standard InChI is InChI=1S/C16H24ClN5O/c1-21-8-4-12(5-9-21)10-18-15(23)14-13(17)11-19-16(20-14)22-6-2-3-7-22/h11-12H,2-10H2,1H3,(H,18,23). The fourth-order valence-corrected chi connectivity index (χ4v) is 3.35. The number of piperidine rings is 1. The van der Waals surface area contributed by atoms with Crippen LogP contribution >= 0.6 is 11.6 Å². The fraction of sp³-hybridized carbons (Fsp3) is 0.688. The summed E-state index contributed by atoms with van der Waals surface area (Å²) in [5, 5.41) is 3.31. The van der Waals surface area contributed by atoms with Crippen LogP contribution in [-0.4, -0.2) is 60.5 Å². The molecule has 2 fully saturated rings. The minimum atomic E-state index is -0.197. The summed E-state index contributed by atoms with van der Waals surface area (Å²) < 4.78 is 0. The number of halogens is 1. The smallest absolute Gasteiger partial charge is 0.271 e. The van der Waals surface area contributed by atoms with Crippen LogP contribution in [0.4, 0.5) is 5.95 Å². The molecule has 6 nitrogen and oxygen atoms in total. The molecule has 7 heteroatoms. The molecule has 0 aliphatic carbocycles. The van der Waals surface area contributed by atoms with Gasteiger partial charge >= 0.3 is 0 Å². The molecule has 126 valence electrons. The number of hydrogen-bond acceptors (Lipinski definition) is 5. The molecule has 0 unspecified atom stereocenters. The molecular formula is C16H24ClN5O. The van der Waals surface area contributed by atoms with Gasteiger partial charge in [-0.05, 0) is 51.7 Å². The van der Waals surface area contributed by atoms with Crippen molar-refractivity contribution >= 4 is 23.5 Å². The van der Waals surface area contributed by atoms with Crippen molar-refractivity contribution in [2.45, 2.75) is 25.7 Å². The molecule has 3 rings (SSSR count). The number of carbonyl (C=O) groups excluding carboxylic acids is 1. The number of carbonyl (C=O) groups is 1. The van der Waals surface area contributed by atoms with Gasteiger partial charge in [0.1, 0.15) is 0 Å². The van der Waals surface area contributed by atoms with Gasteiger partial charge in [0.05, 0.1) is 11.2 Å². The number of amides is 1. The molecule has 2 aliphatic heterocycles. The number of hydrogen-bond donors (Lipinski definition) is 1. The summed E-state index contributed by atoms with van der Waals surface area (Å²) in [6.07, 6.45) is 6.06. The van der Waals surface area contributed by atoms with Crippen molar-refractivity contribution < 1.29 is 4.79 Å². The van der Waals surface area contributed by atoms with E-state index >= 15 is 0 Å². The number of rotatable bonds is 4. The number of nitrogens with zero attached hydrogens (tertiary/aromatic N) is 4. The van der Waals surface area contributed by atoms with Gasteiger partial charge in [0.25, 0.3) is 5.91 Å². The summed E-state index contributed by atoms with van der Waals surface area (Å²) in [4.78, 5) is 25.5. The molecule has 0 bridgehead atoms. The van der Waals surface area contributed by atoms with Gasteiger partial charge < -0.3 is 15.1 Å². The van der Waals surface area contributed by atoms with Crippen LogP contribution in [0, 0.1) is 5.92 Å². The Bertz CT molecular complexity index is 553. The lowest BCUT2D eigenvalue weighted by Crippen LogP contribution is -2.37. The Morgan fingerprint density at radius 3 is 2.70 bits per heavy atom. The molecule has 1 amide bonds. The highest BCUT2D eigenvalue weighted by atomic mass is 35.5. The normalized spacial score (nSPS) is 20.0. The zero-order valence-corrected chi connectivity index (χ0v) is 14.3. The van der Waals surface area contributed by atoms with Gasteiger partial charge in [-0.3, -0.25) is 4.79 Å². The van der Waals surface area contributed by atoms with E-state index in [1.54, 1.807) is 0 Å². The lowest BCUT2D eigenvalue weighted by Gasteiger charge is -2.28. The Morgan fingerprint density at radius 2 is 2.00 bits per heavy atom. The van der Waals surface area contributed by atoms with Crippen LogP contribution in [0.5, 0.6) is 0 Å². The van der Waals surface area contributed by atoms with E-state index in [-0.39, 0.29) is 11.6 Å². The summed E-state index contributed by atoms with van der Waals surface area (Å²) in [5.41, 5.74) is 0.288. The van der Waals surface area contributed by atoms with Gasteiger partial charge in [-0.1, -0.05) is 11.6 Å². The van der Waals surface area contributed by atoms with Gasteiger partial charge in [-0.2, -0.15) is 0 Å². The Morgan fingerprint density at radius 1 is 1.30 bits per heavy atom. The Labute approximate surface area is 142 Å². The van der Waals surface area contributed by atoms with Crippen LogP contribution < -0.4 is 10.2 Å². The van der Waals surface area contributed by atoms with Gasteiger partial charge in [0, 0.05) is 19.6 Å². The molecule has 0 saturated carbocycles. The molecule has 1 N–H and O–H groups in total.